The smallest absolute Gasteiger partial charge is 0.326 e. The fraction of sp³-hybridized carbons (Fsp3) is 0.759. The van der Waals surface area contributed by atoms with Crippen molar-refractivity contribution in [2.24, 2.45) is 44.4 Å². The number of carboxylic acid groups (broad SMARTS) is 1. The van der Waals surface area contributed by atoms with Crippen molar-refractivity contribution in [2.75, 3.05) is 58.9 Å². The van der Waals surface area contributed by atoms with E-state index in [1.54, 1.807) is 0 Å². The number of aliphatic carboxylic acids is 1. The Kier molecular flexibility index (Phi) is 18.1. The average Bonchev–Trinajstić information content (AvgIpc) is 3.07. The summed E-state index contributed by atoms with van der Waals surface area (Å²) in [7, 11) is 0. The molecule has 20 heteroatoms. The topological polar surface area (TPSA) is 341 Å². The number of carboxylic acids is 1. The van der Waals surface area contributed by atoms with E-state index in [1.807, 2.05) is 0 Å². The first-order valence-corrected chi connectivity index (χ1v) is 16.8. The Balaban J connectivity index is 1.89. The van der Waals surface area contributed by atoms with E-state index in [0.717, 1.165) is 0 Å². The van der Waals surface area contributed by atoms with Crippen LogP contribution in [0, 0.1) is 0 Å². The zero-order chi connectivity index (χ0) is 36.3. The molecule has 0 bridgehead atoms. The Morgan fingerprint density at radius 2 is 1.33 bits per heavy atom. The minimum absolute atomic E-state index is 0.0264. The van der Waals surface area contributed by atoms with Crippen molar-refractivity contribution < 1.29 is 29.1 Å². The summed E-state index contributed by atoms with van der Waals surface area (Å²) in [5.74, 6) is -3.00. The van der Waals surface area contributed by atoms with Gasteiger partial charge >= 0.3 is 5.97 Å². The predicted molar refractivity (Wildman–Crippen MR) is 184 cm³/mol. The molecule has 278 valence electrons. The van der Waals surface area contributed by atoms with E-state index in [9.17, 15) is 29.1 Å². The number of nitrogens with zero attached hydrogens (tertiary/aromatic N) is 4. The lowest BCUT2D eigenvalue weighted by atomic mass is 10.0. The standard InChI is InChI=1S/C29H56N14O6/c30-18(6-1-4-10-39-28(32)33)23(44)38-9-3-2-7-19(31)25(46)43-15-13-37-17-22(43)26(47)42-14-12-36-16-21(42)24(45)41-20(27(48)49)8-5-11-40-29(34)35/h18-22,36-37H,1-17,30-31H2,(H,38,44)(H,41,45)(H,48,49)(H4,32,33,39)(H4,34,35,40)/t18-,19-,20-,21-,22-/m0/s1. The van der Waals surface area contributed by atoms with Gasteiger partial charge in [-0.3, -0.25) is 29.2 Å². The molecule has 2 fully saturated rings. The first kappa shape index (κ1) is 40.9. The van der Waals surface area contributed by atoms with Crippen LogP contribution in [0.15, 0.2) is 9.98 Å². The summed E-state index contributed by atoms with van der Waals surface area (Å²) in [6, 6.07) is -4.59. The molecule has 17 N–H and O–H groups in total. The molecule has 0 aromatic carbocycles. The van der Waals surface area contributed by atoms with Crippen molar-refractivity contribution in [1.29, 1.82) is 0 Å². The second-order valence-electron chi connectivity index (χ2n) is 12.2. The number of unbranched alkanes of at least 4 members (excludes halogenated alkanes) is 2. The second kappa shape index (κ2) is 21.6. The van der Waals surface area contributed by atoms with Gasteiger partial charge in [0.05, 0.1) is 12.1 Å². The number of piperazine rings is 2. The van der Waals surface area contributed by atoms with Gasteiger partial charge in [-0.25, -0.2) is 4.79 Å². The maximum absolute atomic E-state index is 13.9. The summed E-state index contributed by atoms with van der Waals surface area (Å²) in [5.41, 5.74) is 33.4. The normalized spacial score (nSPS) is 19.6. The van der Waals surface area contributed by atoms with Crippen molar-refractivity contribution in [3.63, 3.8) is 0 Å². The van der Waals surface area contributed by atoms with Gasteiger partial charge < -0.3 is 70.6 Å². The molecule has 20 nitrogen and oxygen atoms in total. The van der Waals surface area contributed by atoms with Crippen LogP contribution in [0.5, 0.6) is 0 Å². The van der Waals surface area contributed by atoms with Crippen LogP contribution in [-0.2, 0) is 24.0 Å². The van der Waals surface area contributed by atoms with E-state index in [1.165, 1.54) is 9.80 Å². The lowest BCUT2D eigenvalue weighted by Gasteiger charge is -2.42. The third kappa shape index (κ3) is 14.4. The molecule has 2 saturated heterocycles. The fourth-order valence-electron chi connectivity index (χ4n) is 5.60. The van der Waals surface area contributed by atoms with E-state index < -0.39 is 48.0 Å². The highest BCUT2D eigenvalue weighted by Gasteiger charge is 2.41. The van der Waals surface area contributed by atoms with Crippen molar-refractivity contribution >= 4 is 41.5 Å². The lowest BCUT2D eigenvalue weighted by Crippen LogP contribution is -2.67. The van der Waals surface area contributed by atoms with Gasteiger partial charge in [0, 0.05) is 58.9 Å². The Morgan fingerprint density at radius 1 is 0.755 bits per heavy atom. The molecule has 2 heterocycles. The van der Waals surface area contributed by atoms with Crippen LogP contribution in [0.2, 0.25) is 0 Å². The fourth-order valence-corrected chi connectivity index (χ4v) is 5.60. The first-order valence-electron chi connectivity index (χ1n) is 16.8. The molecule has 4 amide bonds. The predicted octanol–water partition coefficient (Wildman–Crippen LogP) is -5.41. The number of carbonyl (C=O) groups is 5. The maximum Gasteiger partial charge on any atom is 0.326 e. The summed E-state index contributed by atoms with van der Waals surface area (Å²) >= 11 is 0. The van der Waals surface area contributed by atoms with Crippen LogP contribution in [0.3, 0.4) is 0 Å². The van der Waals surface area contributed by atoms with Gasteiger partial charge in [0.15, 0.2) is 11.9 Å². The SMILES string of the molecule is NC(N)=NCCCC[C@H](N)C(=O)NCCCC[C@H](N)C(=O)N1CCNC[C@H]1C(=O)N1CCNC[C@H]1C(=O)N[C@@H](CCCN=C(N)N)C(=O)O. The molecule has 2 rings (SSSR count). The number of rotatable bonds is 20. The molecule has 2 aliphatic heterocycles. The first-order chi connectivity index (χ1) is 23.3. The van der Waals surface area contributed by atoms with Crippen LogP contribution in [0.25, 0.3) is 0 Å². The Bertz CT molecular complexity index is 1160. The molecular formula is C29H56N14O6. The highest BCUT2D eigenvalue weighted by Crippen LogP contribution is 2.15. The summed E-state index contributed by atoms with van der Waals surface area (Å²) < 4.78 is 0. The Labute approximate surface area is 286 Å². The number of carbonyl (C=O) groups excluding carboxylic acids is 4. The maximum atomic E-state index is 13.9. The lowest BCUT2D eigenvalue weighted by molar-refractivity contribution is -0.152. The van der Waals surface area contributed by atoms with Crippen molar-refractivity contribution in [3.8, 4) is 0 Å². The third-order valence-electron chi connectivity index (χ3n) is 8.31. The molecule has 0 aromatic rings. The molecular weight excluding hydrogens is 640 g/mol. The highest BCUT2D eigenvalue weighted by molar-refractivity contribution is 5.94. The van der Waals surface area contributed by atoms with Gasteiger partial charge in [-0.05, 0) is 51.4 Å². The number of nitrogens with two attached hydrogens (primary N) is 6. The van der Waals surface area contributed by atoms with Gasteiger partial charge in [-0.15, -0.1) is 0 Å². The number of hydrogen-bond donors (Lipinski definition) is 11. The van der Waals surface area contributed by atoms with Crippen molar-refractivity contribution in [2.45, 2.75) is 81.6 Å². The molecule has 0 saturated carbocycles. The van der Waals surface area contributed by atoms with Crippen LogP contribution in [0.1, 0.15) is 51.4 Å². The molecule has 0 aliphatic carbocycles. The number of guanidine groups is 2. The molecule has 2 aliphatic rings. The van der Waals surface area contributed by atoms with Gasteiger partial charge in [0.1, 0.15) is 18.1 Å². The Hall–Kier alpha value is -4.27. The van der Waals surface area contributed by atoms with Crippen molar-refractivity contribution in [1.82, 2.24) is 31.1 Å². The second-order valence-corrected chi connectivity index (χ2v) is 12.2. The molecule has 0 radical (unpaired) electrons. The number of amides is 4. The van der Waals surface area contributed by atoms with Gasteiger partial charge in [-0.1, -0.05) is 0 Å². The highest BCUT2D eigenvalue weighted by atomic mass is 16.4. The summed E-state index contributed by atoms with van der Waals surface area (Å²) in [6.45, 7) is 2.69. The van der Waals surface area contributed by atoms with E-state index in [2.05, 4.69) is 31.3 Å². The minimum Gasteiger partial charge on any atom is -0.480 e. The Morgan fingerprint density at radius 3 is 1.96 bits per heavy atom. The van der Waals surface area contributed by atoms with E-state index in [4.69, 9.17) is 34.4 Å². The third-order valence-corrected chi connectivity index (χ3v) is 8.31. The van der Waals surface area contributed by atoms with Crippen LogP contribution in [-0.4, -0.2) is 146 Å². The monoisotopic (exact) mass is 696 g/mol. The van der Waals surface area contributed by atoms with E-state index in [0.29, 0.717) is 71.1 Å². The zero-order valence-corrected chi connectivity index (χ0v) is 28.1. The molecule has 0 aromatic heterocycles. The molecule has 5 atom stereocenters. The average molecular weight is 697 g/mol. The molecule has 49 heavy (non-hydrogen) atoms. The quantitative estimate of drug-likeness (QED) is 0.0322. The summed E-state index contributed by atoms with van der Waals surface area (Å²) in [4.78, 5) is 75.3. The van der Waals surface area contributed by atoms with E-state index in [-0.39, 0.29) is 62.9 Å². The molecule has 0 unspecified atom stereocenters. The number of nitrogens with one attached hydrogen (secondary N) is 4. The van der Waals surface area contributed by atoms with Gasteiger partial charge in [0.2, 0.25) is 23.6 Å². The summed E-state index contributed by atoms with van der Waals surface area (Å²) in [6.07, 6.45) is 3.80. The van der Waals surface area contributed by atoms with Crippen LogP contribution < -0.4 is 55.7 Å². The number of hydrogen-bond acceptors (Lipinski definition) is 11. The summed E-state index contributed by atoms with van der Waals surface area (Å²) in [5, 5.41) is 21.2. The minimum atomic E-state index is -1.22. The van der Waals surface area contributed by atoms with Crippen LogP contribution >= 0.6 is 0 Å². The number of aliphatic imine (C=N–C) groups is 2. The van der Waals surface area contributed by atoms with E-state index >= 15 is 0 Å². The largest absolute Gasteiger partial charge is 0.480 e. The van der Waals surface area contributed by atoms with Gasteiger partial charge in [0.25, 0.3) is 0 Å². The van der Waals surface area contributed by atoms with Crippen molar-refractivity contribution in [3.05, 3.63) is 0 Å². The molecule has 0 spiro atoms. The van der Waals surface area contributed by atoms with Crippen LogP contribution in [0.4, 0.5) is 0 Å². The van der Waals surface area contributed by atoms with Gasteiger partial charge in [-0.2, -0.15) is 0 Å². The zero-order valence-electron chi connectivity index (χ0n) is 28.1.